The summed E-state index contributed by atoms with van der Waals surface area (Å²) in [5, 5.41) is 0. The molecule has 3 nitrogen and oxygen atoms in total. The van der Waals surface area contributed by atoms with Crippen LogP contribution in [0.5, 0.6) is 0 Å². The normalized spacial score (nSPS) is 24.1. The minimum absolute atomic E-state index is 0.0475. The minimum Gasteiger partial charge on any atom is -0.466 e. The molecule has 1 saturated carbocycles. The SMILES string of the molecule is CCOC(=O)CCN1CCC2(CCCC2)CC1. The van der Waals surface area contributed by atoms with Crippen LogP contribution in [0.4, 0.5) is 0 Å². The molecule has 0 aromatic carbocycles. The molecule has 0 unspecified atom stereocenters. The number of likely N-dealkylation sites (tertiary alicyclic amines) is 1. The molecule has 0 atom stereocenters. The Bertz CT molecular complexity index is 249. The molecule has 0 amide bonds. The summed E-state index contributed by atoms with van der Waals surface area (Å²) in [6.07, 6.45) is 9.00. The van der Waals surface area contributed by atoms with Crippen LogP contribution in [-0.2, 0) is 9.53 Å². The molecule has 0 N–H and O–H groups in total. The number of carbonyl (C=O) groups excluding carboxylic acids is 1. The summed E-state index contributed by atoms with van der Waals surface area (Å²) >= 11 is 0. The second kappa shape index (κ2) is 5.85. The second-order valence-corrected chi connectivity index (χ2v) is 5.60. The maximum Gasteiger partial charge on any atom is 0.307 e. The first-order valence-electron chi connectivity index (χ1n) is 7.12. The standard InChI is InChI=1S/C14H25NO2/c1-2-17-13(16)5-10-15-11-8-14(9-12-15)6-3-4-7-14/h2-12H2,1H3. The van der Waals surface area contributed by atoms with Crippen molar-refractivity contribution in [1.29, 1.82) is 0 Å². The molecule has 1 spiro atoms. The van der Waals surface area contributed by atoms with Crippen LogP contribution in [0.25, 0.3) is 0 Å². The van der Waals surface area contributed by atoms with Gasteiger partial charge in [-0.3, -0.25) is 4.79 Å². The summed E-state index contributed by atoms with van der Waals surface area (Å²) in [5.41, 5.74) is 0.681. The number of hydrogen-bond acceptors (Lipinski definition) is 3. The summed E-state index contributed by atoms with van der Waals surface area (Å²) < 4.78 is 4.96. The fourth-order valence-electron chi connectivity index (χ4n) is 3.36. The van der Waals surface area contributed by atoms with Gasteiger partial charge in [-0.2, -0.15) is 0 Å². The number of piperidine rings is 1. The molecule has 0 aromatic rings. The van der Waals surface area contributed by atoms with Crippen LogP contribution in [0.2, 0.25) is 0 Å². The van der Waals surface area contributed by atoms with E-state index in [1.54, 1.807) is 0 Å². The summed E-state index contributed by atoms with van der Waals surface area (Å²) in [7, 11) is 0. The average molecular weight is 239 g/mol. The first-order valence-corrected chi connectivity index (χ1v) is 7.12. The van der Waals surface area contributed by atoms with Crippen LogP contribution in [0.1, 0.15) is 51.9 Å². The van der Waals surface area contributed by atoms with E-state index in [0.29, 0.717) is 18.4 Å². The van der Waals surface area contributed by atoms with Gasteiger partial charge in [-0.05, 0) is 51.1 Å². The van der Waals surface area contributed by atoms with Crippen LogP contribution in [0.3, 0.4) is 0 Å². The molecule has 1 aliphatic carbocycles. The Hall–Kier alpha value is -0.570. The van der Waals surface area contributed by atoms with Crippen molar-refractivity contribution in [3.05, 3.63) is 0 Å². The Balaban J connectivity index is 1.67. The molecule has 2 aliphatic rings. The fraction of sp³-hybridized carbons (Fsp3) is 0.929. The smallest absolute Gasteiger partial charge is 0.307 e. The predicted octanol–water partition coefficient (Wildman–Crippen LogP) is 2.60. The third-order valence-corrected chi connectivity index (χ3v) is 4.52. The van der Waals surface area contributed by atoms with Crippen molar-refractivity contribution in [2.75, 3.05) is 26.2 Å². The first kappa shape index (κ1) is 12.9. The highest BCUT2D eigenvalue weighted by Gasteiger charge is 2.36. The molecule has 2 rings (SSSR count). The van der Waals surface area contributed by atoms with Gasteiger partial charge in [0.2, 0.25) is 0 Å². The van der Waals surface area contributed by atoms with Gasteiger partial charge < -0.3 is 9.64 Å². The predicted molar refractivity (Wildman–Crippen MR) is 67.8 cm³/mol. The Labute approximate surface area is 105 Å². The minimum atomic E-state index is -0.0475. The third-order valence-electron chi connectivity index (χ3n) is 4.52. The molecule has 1 aliphatic heterocycles. The summed E-state index contributed by atoms with van der Waals surface area (Å²) in [6.45, 7) is 5.61. The fourth-order valence-corrected chi connectivity index (χ4v) is 3.36. The largest absolute Gasteiger partial charge is 0.466 e. The van der Waals surface area contributed by atoms with Crippen molar-refractivity contribution in [2.24, 2.45) is 5.41 Å². The van der Waals surface area contributed by atoms with E-state index < -0.39 is 0 Å². The molecule has 0 aromatic heterocycles. The maximum atomic E-state index is 11.3. The van der Waals surface area contributed by atoms with Crippen LogP contribution >= 0.6 is 0 Å². The number of esters is 1. The third kappa shape index (κ3) is 3.44. The van der Waals surface area contributed by atoms with E-state index >= 15 is 0 Å². The van der Waals surface area contributed by atoms with Crippen LogP contribution < -0.4 is 0 Å². The number of carbonyl (C=O) groups is 1. The number of ether oxygens (including phenoxy) is 1. The Morgan fingerprint density at radius 2 is 1.82 bits per heavy atom. The van der Waals surface area contributed by atoms with E-state index in [-0.39, 0.29) is 5.97 Å². The van der Waals surface area contributed by atoms with Crippen LogP contribution in [0.15, 0.2) is 0 Å². The molecule has 3 heteroatoms. The highest BCUT2D eigenvalue weighted by molar-refractivity contribution is 5.69. The van der Waals surface area contributed by atoms with Crippen molar-refractivity contribution >= 4 is 5.97 Å². The lowest BCUT2D eigenvalue weighted by Crippen LogP contribution is -2.39. The summed E-state index contributed by atoms with van der Waals surface area (Å²) in [6, 6.07) is 0. The second-order valence-electron chi connectivity index (χ2n) is 5.60. The van der Waals surface area contributed by atoms with E-state index in [2.05, 4.69) is 4.90 Å². The highest BCUT2D eigenvalue weighted by Crippen LogP contribution is 2.45. The van der Waals surface area contributed by atoms with Gasteiger partial charge in [0.15, 0.2) is 0 Å². The van der Waals surface area contributed by atoms with Gasteiger partial charge in [-0.25, -0.2) is 0 Å². The highest BCUT2D eigenvalue weighted by atomic mass is 16.5. The number of nitrogens with zero attached hydrogens (tertiary/aromatic N) is 1. The van der Waals surface area contributed by atoms with E-state index in [0.717, 1.165) is 6.54 Å². The monoisotopic (exact) mass is 239 g/mol. The number of rotatable bonds is 4. The summed E-state index contributed by atoms with van der Waals surface area (Å²) in [4.78, 5) is 13.7. The molecule has 1 saturated heterocycles. The molecular weight excluding hydrogens is 214 g/mol. The molecule has 2 fully saturated rings. The van der Waals surface area contributed by atoms with Crippen molar-refractivity contribution in [2.45, 2.75) is 51.9 Å². The lowest BCUT2D eigenvalue weighted by atomic mass is 9.77. The van der Waals surface area contributed by atoms with Crippen molar-refractivity contribution in [3.63, 3.8) is 0 Å². The average Bonchev–Trinajstić information content (AvgIpc) is 2.78. The van der Waals surface area contributed by atoms with Crippen molar-refractivity contribution in [3.8, 4) is 0 Å². The summed E-state index contributed by atoms with van der Waals surface area (Å²) in [5.74, 6) is -0.0475. The number of hydrogen-bond donors (Lipinski definition) is 0. The molecule has 98 valence electrons. The Morgan fingerprint density at radius 3 is 2.41 bits per heavy atom. The lowest BCUT2D eigenvalue weighted by Gasteiger charge is -2.39. The van der Waals surface area contributed by atoms with Gasteiger partial charge in [0.1, 0.15) is 0 Å². The molecular formula is C14H25NO2. The van der Waals surface area contributed by atoms with E-state index in [1.807, 2.05) is 6.92 Å². The van der Waals surface area contributed by atoms with Crippen LogP contribution in [-0.4, -0.2) is 37.1 Å². The maximum absolute atomic E-state index is 11.3. The zero-order valence-corrected chi connectivity index (χ0v) is 11.0. The molecule has 0 radical (unpaired) electrons. The zero-order chi connectivity index (χ0) is 12.1. The lowest BCUT2D eigenvalue weighted by molar-refractivity contribution is -0.143. The van der Waals surface area contributed by atoms with Crippen molar-refractivity contribution < 1.29 is 9.53 Å². The first-order chi connectivity index (χ1) is 8.24. The molecule has 17 heavy (non-hydrogen) atoms. The van der Waals surface area contributed by atoms with Gasteiger partial charge in [0.05, 0.1) is 13.0 Å². The van der Waals surface area contributed by atoms with E-state index in [4.69, 9.17) is 4.74 Å². The van der Waals surface area contributed by atoms with Crippen molar-refractivity contribution in [1.82, 2.24) is 4.90 Å². The quantitative estimate of drug-likeness (QED) is 0.706. The zero-order valence-electron chi connectivity index (χ0n) is 11.0. The Morgan fingerprint density at radius 1 is 1.18 bits per heavy atom. The van der Waals surface area contributed by atoms with Gasteiger partial charge in [0.25, 0.3) is 0 Å². The van der Waals surface area contributed by atoms with Gasteiger partial charge >= 0.3 is 5.97 Å². The molecule has 1 heterocycles. The van der Waals surface area contributed by atoms with Gasteiger partial charge in [-0.1, -0.05) is 12.8 Å². The van der Waals surface area contributed by atoms with Gasteiger partial charge in [0, 0.05) is 6.54 Å². The Kier molecular flexibility index (Phi) is 4.43. The topological polar surface area (TPSA) is 29.5 Å². The van der Waals surface area contributed by atoms with E-state index in [1.165, 1.54) is 51.6 Å². The molecule has 0 bridgehead atoms. The van der Waals surface area contributed by atoms with Gasteiger partial charge in [-0.15, -0.1) is 0 Å². The van der Waals surface area contributed by atoms with E-state index in [9.17, 15) is 4.79 Å². The van der Waals surface area contributed by atoms with Crippen LogP contribution in [0, 0.1) is 5.41 Å².